The molecule has 8 nitrogen and oxygen atoms in total. The molecule has 3 rings (SSSR count). The smallest absolute Gasteiger partial charge is 0.306 e. The average molecular weight is 470 g/mol. The maximum Gasteiger partial charge on any atom is 0.306 e. The molecule has 3 aromatic rings. The minimum atomic E-state index is -0.531. The minimum absolute atomic E-state index is 0.0124. The van der Waals surface area contributed by atoms with Crippen LogP contribution in [0.1, 0.15) is 24.8 Å². The molecular formula is C25H27FN2O6. The molecule has 2 aromatic carbocycles. The number of benzene rings is 2. The minimum Gasteiger partial charge on any atom is -0.493 e. The lowest BCUT2D eigenvalue weighted by Gasteiger charge is -2.21. The zero-order chi connectivity index (χ0) is 24.5. The summed E-state index contributed by atoms with van der Waals surface area (Å²) in [6, 6.07) is 11.3. The van der Waals surface area contributed by atoms with E-state index in [1.54, 1.807) is 43.4 Å². The highest BCUT2D eigenvalue weighted by molar-refractivity contribution is 5.80. The first-order chi connectivity index (χ1) is 16.4. The zero-order valence-electron chi connectivity index (χ0n) is 19.4. The van der Waals surface area contributed by atoms with Crippen LogP contribution < -0.4 is 9.47 Å². The van der Waals surface area contributed by atoms with Gasteiger partial charge in [-0.3, -0.25) is 9.59 Å². The van der Waals surface area contributed by atoms with Gasteiger partial charge < -0.3 is 23.5 Å². The molecule has 0 bridgehead atoms. The Morgan fingerprint density at radius 1 is 1.06 bits per heavy atom. The SMILES string of the molecule is CCN(Cc1ccc(OC)c(OC)c1)C(=O)COC(=O)CCc1ncc(-c2ccc(F)cc2)o1. The van der Waals surface area contributed by atoms with E-state index >= 15 is 0 Å². The number of carbonyl (C=O) groups excluding carboxylic acids is 2. The van der Waals surface area contributed by atoms with Crippen LogP contribution in [0.15, 0.2) is 53.1 Å². The summed E-state index contributed by atoms with van der Waals surface area (Å²) in [7, 11) is 3.10. The maximum absolute atomic E-state index is 13.1. The van der Waals surface area contributed by atoms with Gasteiger partial charge in [0, 0.05) is 25.1 Å². The van der Waals surface area contributed by atoms with E-state index in [1.165, 1.54) is 18.3 Å². The first-order valence-electron chi connectivity index (χ1n) is 10.8. The van der Waals surface area contributed by atoms with Crippen molar-refractivity contribution in [1.29, 1.82) is 0 Å². The van der Waals surface area contributed by atoms with Gasteiger partial charge in [0.25, 0.3) is 5.91 Å². The third-order valence-corrected chi connectivity index (χ3v) is 5.14. The third kappa shape index (κ3) is 6.57. The number of hydrogen-bond acceptors (Lipinski definition) is 7. The number of oxazole rings is 1. The topological polar surface area (TPSA) is 91.1 Å². The van der Waals surface area contributed by atoms with Crippen molar-refractivity contribution in [3.63, 3.8) is 0 Å². The van der Waals surface area contributed by atoms with Crippen LogP contribution in [0.25, 0.3) is 11.3 Å². The number of rotatable bonds is 11. The lowest BCUT2D eigenvalue weighted by molar-refractivity contribution is -0.152. The number of nitrogens with zero attached hydrogens (tertiary/aromatic N) is 2. The largest absolute Gasteiger partial charge is 0.493 e. The van der Waals surface area contributed by atoms with Gasteiger partial charge in [0.15, 0.2) is 29.8 Å². The van der Waals surface area contributed by atoms with Gasteiger partial charge in [-0.15, -0.1) is 0 Å². The number of amides is 1. The fourth-order valence-corrected chi connectivity index (χ4v) is 3.26. The van der Waals surface area contributed by atoms with Crippen molar-refractivity contribution in [3.8, 4) is 22.8 Å². The molecule has 0 fully saturated rings. The van der Waals surface area contributed by atoms with Crippen LogP contribution in [0.2, 0.25) is 0 Å². The van der Waals surface area contributed by atoms with Gasteiger partial charge in [0.2, 0.25) is 0 Å². The summed E-state index contributed by atoms with van der Waals surface area (Å²) < 4.78 is 34.3. The molecule has 0 atom stereocenters. The maximum atomic E-state index is 13.1. The van der Waals surface area contributed by atoms with E-state index in [0.717, 1.165) is 5.56 Å². The van der Waals surface area contributed by atoms with E-state index in [9.17, 15) is 14.0 Å². The number of hydrogen-bond donors (Lipinski definition) is 0. The molecule has 0 aliphatic heterocycles. The number of methoxy groups -OCH3 is 2. The van der Waals surface area contributed by atoms with E-state index in [2.05, 4.69) is 4.98 Å². The van der Waals surface area contributed by atoms with Gasteiger partial charge in [-0.1, -0.05) is 6.07 Å². The first kappa shape index (κ1) is 24.8. The van der Waals surface area contributed by atoms with Crippen molar-refractivity contribution in [2.24, 2.45) is 0 Å². The second-order valence-corrected chi connectivity index (χ2v) is 7.38. The van der Waals surface area contributed by atoms with Crippen LogP contribution in [-0.4, -0.2) is 49.1 Å². The monoisotopic (exact) mass is 470 g/mol. The summed E-state index contributed by atoms with van der Waals surface area (Å²) in [5.41, 5.74) is 1.54. The lowest BCUT2D eigenvalue weighted by atomic mass is 10.2. The molecule has 0 saturated carbocycles. The Hall–Kier alpha value is -3.88. The molecule has 1 heterocycles. The number of likely N-dealkylation sites (N-methyl/N-ethyl adjacent to an activating group) is 1. The number of esters is 1. The van der Waals surface area contributed by atoms with E-state index < -0.39 is 5.97 Å². The van der Waals surface area contributed by atoms with E-state index in [1.807, 2.05) is 13.0 Å². The molecular weight excluding hydrogens is 443 g/mol. The number of halogens is 1. The van der Waals surface area contributed by atoms with Gasteiger partial charge in [-0.25, -0.2) is 9.37 Å². The Morgan fingerprint density at radius 2 is 1.79 bits per heavy atom. The van der Waals surface area contributed by atoms with Gasteiger partial charge in [-0.2, -0.15) is 0 Å². The van der Waals surface area contributed by atoms with Crippen molar-refractivity contribution >= 4 is 11.9 Å². The number of ether oxygens (including phenoxy) is 3. The van der Waals surface area contributed by atoms with Crippen LogP contribution in [0.4, 0.5) is 4.39 Å². The van der Waals surface area contributed by atoms with Gasteiger partial charge in [0.05, 0.1) is 26.8 Å². The van der Waals surface area contributed by atoms with Crippen molar-refractivity contribution < 1.29 is 32.6 Å². The van der Waals surface area contributed by atoms with Gasteiger partial charge in [-0.05, 0) is 48.9 Å². The Morgan fingerprint density at radius 3 is 2.47 bits per heavy atom. The molecule has 9 heteroatoms. The highest BCUT2D eigenvalue weighted by atomic mass is 19.1. The summed E-state index contributed by atoms with van der Waals surface area (Å²) in [5, 5.41) is 0. The molecule has 0 unspecified atom stereocenters. The van der Waals surface area contributed by atoms with Crippen molar-refractivity contribution in [2.45, 2.75) is 26.3 Å². The molecule has 0 N–H and O–H groups in total. The van der Waals surface area contributed by atoms with Crippen LogP contribution in [0.3, 0.4) is 0 Å². The fourth-order valence-electron chi connectivity index (χ4n) is 3.26. The summed E-state index contributed by atoms with van der Waals surface area (Å²) >= 11 is 0. The second-order valence-electron chi connectivity index (χ2n) is 7.38. The van der Waals surface area contributed by atoms with Gasteiger partial charge in [0.1, 0.15) is 5.82 Å². The Balaban J connectivity index is 1.47. The highest BCUT2D eigenvalue weighted by Crippen LogP contribution is 2.28. The molecule has 0 radical (unpaired) electrons. The van der Waals surface area contributed by atoms with Crippen molar-refractivity contribution in [3.05, 3.63) is 65.9 Å². The Bertz CT molecular complexity index is 1110. The zero-order valence-corrected chi connectivity index (χ0v) is 19.4. The first-order valence-corrected chi connectivity index (χ1v) is 10.8. The summed E-state index contributed by atoms with van der Waals surface area (Å²) in [6.07, 6.45) is 1.75. The lowest BCUT2D eigenvalue weighted by Crippen LogP contribution is -2.34. The van der Waals surface area contributed by atoms with Gasteiger partial charge >= 0.3 is 5.97 Å². The van der Waals surface area contributed by atoms with E-state index in [0.29, 0.717) is 41.8 Å². The predicted octanol–water partition coefficient (Wildman–Crippen LogP) is 4.02. The van der Waals surface area contributed by atoms with Crippen LogP contribution in [-0.2, 0) is 27.3 Å². The highest BCUT2D eigenvalue weighted by Gasteiger charge is 2.17. The molecule has 34 heavy (non-hydrogen) atoms. The van der Waals surface area contributed by atoms with Crippen LogP contribution in [0.5, 0.6) is 11.5 Å². The van der Waals surface area contributed by atoms with E-state index in [4.69, 9.17) is 18.6 Å². The molecule has 180 valence electrons. The molecule has 0 spiro atoms. The average Bonchev–Trinajstić information content (AvgIpc) is 3.33. The molecule has 0 aliphatic rings. The van der Waals surface area contributed by atoms with Crippen molar-refractivity contribution in [1.82, 2.24) is 9.88 Å². The quantitative estimate of drug-likeness (QED) is 0.391. The molecule has 0 saturated heterocycles. The Labute approximate surface area is 197 Å². The van der Waals surface area contributed by atoms with Crippen molar-refractivity contribution in [2.75, 3.05) is 27.4 Å². The normalized spacial score (nSPS) is 10.6. The molecule has 0 aliphatic carbocycles. The van der Waals surface area contributed by atoms with Crippen LogP contribution >= 0.6 is 0 Å². The summed E-state index contributed by atoms with van der Waals surface area (Å²) in [6.45, 7) is 2.29. The standard InChI is InChI=1S/C25H27FN2O6/c1-4-28(15-17-5-10-20(31-2)21(13-17)32-3)24(29)16-33-25(30)12-11-23-27-14-22(34-23)18-6-8-19(26)9-7-18/h5-10,13-14H,4,11-12,15-16H2,1-3H3. The molecule has 1 amide bonds. The number of aryl methyl sites for hydroxylation is 1. The number of aromatic nitrogens is 1. The van der Waals surface area contributed by atoms with Crippen LogP contribution in [0, 0.1) is 5.82 Å². The fraction of sp³-hybridized carbons (Fsp3) is 0.320. The van der Waals surface area contributed by atoms with E-state index in [-0.39, 0.29) is 31.2 Å². The Kier molecular flexibility index (Phi) is 8.61. The third-order valence-electron chi connectivity index (χ3n) is 5.14. The predicted molar refractivity (Wildman–Crippen MR) is 122 cm³/mol. The molecule has 1 aromatic heterocycles. The summed E-state index contributed by atoms with van der Waals surface area (Å²) in [4.78, 5) is 30.4. The second kappa shape index (κ2) is 11.8. The summed E-state index contributed by atoms with van der Waals surface area (Å²) in [5.74, 6) is 0.830. The number of carbonyl (C=O) groups is 2.